The van der Waals surface area contributed by atoms with Crippen LogP contribution < -0.4 is 5.73 Å². The summed E-state index contributed by atoms with van der Waals surface area (Å²) in [4.78, 5) is 0. The van der Waals surface area contributed by atoms with Gasteiger partial charge in [0.1, 0.15) is 0 Å². The minimum atomic E-state index is 0.171. The molecular weight excluding hydrogens is 198 g/mol. The van der Waals surface area contributed by atoms with Crippen LogP contribution in [-0.4, -0.2) is 18.8 Å². The molecule has 2 nitrogen and oxygen atoms in total. The molecule has 1 saturated heterocycles. The van der Waals surface area contributed by atoms with E-state index in [9.17, 15) is 0 Å². The minimum Gasteiger partial charge on any atom is -0.373 e. The molecule has 0 aromatic rings. The summed E-state index contributed by atoms with van der Waals surface area (Å²) in [6, 6.07) is 0.213. The monoisotopic (exact) mass is 225 g/mol. The highest BCUT2D eigenvalue weighted by atomic mass is 16.5. The van der Waals surface area contributed by atoms with E-state index < -0.39 is 0 Å². The zero-order valence-electron chi connectivity index (χ0n) is 10.7. The van der Waals surface area contributed by atoms with E-state index >= 15 is 0 Å². The van der Waals surface area contributed by atoms with Gasteiger partial charge in [0.2, 0.25) is 0 Å². The maximum atomic E-state index is 5.98. The Hall–Kier alpha value is -0.340. The number of ether oxygens (including phenoxy) is 1. The van der Waals surface area contributed by atoms with E-state index in [0.29, 0.717) is 0 Å². The van der Waals surface area contributed by atoms with Gasteiger partial charge >= 0.3 is 0 Å². The normalized spacial score (nSPS) is 26.4. The van der Waals surface area contributed by atoms with Crippen LogP contribution in [-0.2, 0) is 4.74 Å². The second-order valence-electron chi connectivity index (χ2n) is 4.77. The molecule has 1 fully saturated rings. The van der Waals surface area contributed by atoms with Gasteiger partial charge in [-0.1, -0.05) is 44.8 Å². The molecule has 1 rings (SSSR count). The molecule has 2 heteroatoms. The summed E-state index contributed by atoms with van der Waals surface area (Å²) < 4.78 is 5.62. The van der Waals surface area contributed by atoms with Crippen molar-refractivity contribution in [2.24, 2.45) is 5.73 Å². The highest BCUT2D eigenvalue weighted by Gasteiger charge is 2.19. The Morgan fingerprint density at radius 1 is 1.25 bits per heavy atom. The molecule has 0 radical (unpaired) electrons. The predicted molar refractivity (Wildman–Crippen MR) is 69.5 cm³/mol. The lowest BCUT2D eigenvalue weighted by atomic mass is 10.0. The van der Waals surface area contributed by atoms with Crippen LogP contribution in [0.2, 0.25) is 0 Å². The molecule has 0 amide bonds. The first-order chi connectivity index (χ1) is 7.84. The Morgan fingerprint density at radius 2 is 2.06 bits per heavy atom. The fourth-order valence-electron chi connectivity index (χ4n) is 2.12. The molecule has 0 aromatic heterocycles. The van der Waals surface area contributed by atoms with Gasteiger partial charge in [-0.15, -0.1) is 0 Å². The highest BCUT2D eigenvalue weighted by molar-refractivity contribution is 4.96. The highest BCUT2D eigenvalue weighted by Crippen LogP contribution is 2.13. The molecule has 2 N–H and O–H groups in total. The van der Waals surface area contributed by atoms with E-state index in [2.05, 4.69) is 19.1 Å². The summed E-state index contributed by atoms with van der Waals surface area (Å²) in [5.74, 6) is 0. The van der Waals surface area contributed by atoms with E-state index in [1.807, 2.05) is 0 Å². The minimum absolute atomic E-state index is 0.171. The molecule has 2 atom stereocenters. The van der Waals surface area contributed by atoms with E-state index in [1.54, 1.807) is 0 Å². The quantitative estimate of drug-likeness (QED) is 0.532. The molecule has 1 aliphatic rings. The third-order valence-electron chi connectivity index (χ3n) is 3.21. The number of hydrogen-bond acceptors (Lipinski definition) is 2. The van der Waals surface area contributed by atoms with Crippen molar-refractivity contribution in [1.82, 2.24) is 0 Å². The Kier molecular flexibility index (Phi) is 7.52. The lowest BCUT2D eigenvalue weighted by Gasteiger charge is -2.26. The van der Waals surface area contributed by atoms with Crippen LogP contribution in [0.15, 0.2) is 12.2 Å². The number of hydrogen-bond donors (Lipinski definition) is 1. The van der Waals surface area contributed by atoms with E-state index in [1.165, 1.54) is 38.5 Å². The summed E-state index contributed by atoms with van der Waals surface area (Å²) in [6.07, 6.45) is 14.7. The number of rotatable bonds is 7. The van der Waals surface area contributed by atoms with Crippen molar-refractivity contribution in [1.29, 1.82) is 0 Å². The lowest BCUT2D eigenvalue weighted by molar-refractivity contribution is 0.0317. The topological polar surface area (TPSA) is 35.2 Å². The first-order valence-corrected chi connectivity index (χ1v) is 6.88. The number of nitrogens with two attached hydrogens (primary N) is 1. The molecule has 1 heterocycles. The van der Waals surface area contributed by atoms with Gasteiger partial charge in [-0.3, -0.25) is 0 Å². The van der Waals surface area contributed by atoms with Gasteiger partial charge < -0.3 is 10.5 Å². The van der Waals surface area contributed by atoms with Crippen LogP contribution in [0, 0.1) is 0 Å². The van der Waals surface area contributed by atoms with Crippen LogP contribution in [0.1, 0.15) is 58.3 Å². The van der Waals surface area contributed by atoms with E-state index in [4.69, 9.17) is 10.5 Å². The third-order valence-corrected chi connectivity index (χ3v) is 3.21. The Labute approximate surface area is 100 Å². The zero-order valence-corrected chi connectivity index (χ0v) is 10.7. The van der Waals surface area contributed by atoms with Crippen LogP contribution in [0.25, 0.3) is 0 Å². The van der Waals surface area contributed by atoms with Crippen molar-refractivity contribution in [3.63, 3.8) is 0 Å². The van der Waals surface area contributed by atoms with Crippen LogP contribution in [0.5, 0.6) is 0 Å². The molecule has 0 aromatic carbocycles. The van der Waals surface area contributed by atoms with Crippen LogP contribution >= 0.6 is 0 Å². The largest absolute Gasteiger partial charge is 0.373 e. The molecule has 0 aliphatic carbocycles. The van der Waals surface area contributed by atoms with Crippen LogP contribution in [0.3, 0.4) is 0 Å². The molecule has 2 unspecified atom stereocenters. The first-order valence-electron chi connectivity index (χ1n) is 6.88. The molecule has 94 valence electrons. The van der Waals surface area contributed by atoms with Crippen molar-refractivity contribution in [3.8, 4) is 0 Å². The second kappa shape index (κ2) is 8.77. The summed E-state index contributed by atoms with van der Waals surface area (Å²) >= 11 is 0. The molecule has 0 bridgehead atoms. The molecule has 0 saturated carbocycles. The van der Waals surface area contributed by atoms with Crippen molar-refractivity contribution in [3.05, 3.63) is 12.2 Å². The van der Waals surface area contributed by atoms with Crippen molar-refractivity contribution in [2.75, 3.05) is 6.61 Å². The summed E-state index contributed by atoms with van der Waals surface area (Å²) in [7, 11) is 0. The summed E-state index contributed by atoms with van der Waals surface area (Å²) in [5.41, 5.74) is 5.98. The average Bonchev–Trinajstić information content (AvgIpc) is 2.30. The summed E-state index contributed by atoms with van der Waals surface area (Å²) in [5, 5.41) is 0. The zero-order chi connectivity index (χ0) is 11.6. The summed E-state index contributed by atoms with van der Waals surface area (Å²) in [6.45, 7) is 3.13. The Morgan fingerprint density at radius 3 is 2.81 bits per heavy atom. The fraction of sp³-hybridized carbons (Fsp3) is 0.857. The van der Waals surface area contributed by atoms with E-state index in [0.717, 1.165) is 19.4 Å². The molecule has 16 heavy (non-hydrogen) atoms. The Balaban J connectivity index is 2.02. The maximum Gasteiger partial charge on any atom is 0.0906 e. The lowest BCUT2D eigenvalue weighted by Crippen LogP contribution is -2.39. The van der Waals surface area contributed by atoms with Gasteiger partial charge in [0, 0.05) is 12.6 Å². The fourth-order valence-corrected chi connectivity index (χ4v) is 2.12. The predicted octanol–water partition coefficient (Wildman–Crippen LogP) is 3.41. The molecular formula is C14H27NO. The van der Waals surface area contributed by atoms with Gasteiger partial charge in [-0.2, -0.15) is 0 Å². The average molecular weight is 225 g/mol. The maximum absolute atomic E-state index is 5.98. The Bertz CT molecular complexity index is 191. The van der Waals surface area contributed by atoms with Gasteiger partial charge in [0.05, 0.1) is 6.10 Å². The second-order valence-corrected chi connectivity index (χ2v) is 4.77. The number of allylic oxidation sites excluding steroid dienone is 1. The van der Waals surface area contributed by atoms with Crippen molar-refractivity contribution < 1.29 is 4.74 Å². The van der Waals surface area contributed by atoms with Gasteiger partial charge in [0.25, 0.3) is 0 Å². The number of unbranched alkanes of at least 4 members (excludes halogenated alkanes) is 5. The van der Waals surface area contributed by atoms with Crippen molar-refractivity contribution >= 4 is 0 Å². The van der Waals surface area contributed by atoms with Crippen LogP contribution in [0.4, 0.5) is 0 Å². The van der Waals surface area contributed by atoms with E-state index in [-0.39, 0.29) is 12.1 Å². The SMILES string of the molecule is CCCCCCC/C=C/C1OCCCC1N. The molecule has 1 aliphatic heterocycles. The van der Waals surface area contributed by atoms with Gasteiger partial charge in [-0.05, 0) is 25.7 Å². The molecule has 0 spiro atoms. The smallest absolute Gasteiger partial charge is 0.0906 e. The van der Waals surface area contributed by atoms with Gasteiger partial charge in [0.15, 0.2) is 0 Å². The standard InChI is InChI=1S/C14H27NO/c1-2-3-4-5-6-7-8-11-14-13(15)10-9-12-16-14/h8,11,13-14H,2-7,9-10,12,15H2,1H3/b11-8+. The van der Waals surface area contributed by atoms with Crippen molar-refractivity contribution in [2.45, 2.75) is 70.4 Å². The third kappa shape index (κ3) is 5.66. The first kappa shape index (κ1) is 13.7. The van der Waals surface area contributed by atoms with Gasteiger partial charge in [-0.25, -0.2) is 0 Å².